The largest absolute Gasteiger partial charge is 0.507 e. The van der Waals surface area contributed by atoms with E-state index in [-0.39, 0.29) is 17.4 Å². The van der Waals surface area contributed by atoms with Gasteiger partial charge in [-0.05, 0) is 43.9 Å². The number of hydrogen-bond acceptors (Lipinski definition) is 2. The molecule has 0 bridgehead atoms. The van der Waals surface area contributed by atoms with Crippen LogP contribution in [0.15, 0.2) is 24.3 Å². The highest BCUT2D eigenvalue weighted by Gasteiger charge is 2.36. The van der Waals surface area contributed by atoms with Gasteiger partial charge in [-0.3, -0.25) is 0 Å². The fourth-order valence-corrected chi connectivity index (χ4v) is 3.63. The summed E-state index contributed by atoms with van der Waals surface area (Å²) in [6.45, 7) is 9.15. The number of aromatic hydroxyl groups is 2. The fourth-order valence-electron chi connectivity index (χ4n) is 3.63. The molecule has 0 spiro atoms. The van der Waals surface area contributed by atoms with Crippen molar-refractivity contribution in [2.45, 2.75) is 51.9 Å². The van der Waals surface area contributed by atoms with Crippen molar-refractivity contribution in [3.8, 4) is 11.5 Å². The minimum Gasteiger partial charge on any atom is -0.507 e. The number of benzene rings is 1. The van der Waals surface area contributed by atoms with E-state index in [2.05, 4.69) is 24.3 Å². The molecule has 3 heteroatoms. The Labute approximate surface area is 140 Å². The van der Waals surface area contributed by atoms with Gasteiger partial charge in [-0.25, -0.2) is 4.58 Å². The Morgan fingerprint density at radius 3 is 2.48 bits per heavy atom. The second-order valence-corrected chi connectivity index (χ2v) is 7.04. The predicted octanol–water partition coefficient (Wildman–Crippen LogP) is 4.22. The molecule has 2 rings (SSSR count). The summed E-state index contributed by atoms with van der Waals surface area (Å²) in [7, 11) is 2.04. The maximum atomic E-state index is 10.5. The van der Waals surface area contributed by atoms with Crippen LogP contribution in [0.5, 0.6) is 11.5 Å². The zero-order valence-electron chi connectivity index (χ0n) is 14.7. The maximum absolute atomic E-state index is 10.5. The molecule has 0 aromatic heterocycles. The summed E-state index contributed by atoms with van der Waals surface area (Å²) >= 11 is 0. The van der Waals surface area contributed by atoms with Gasteiger partial charge >= 0.3 is 0 Å². The van der Waals surface area contributed by atoms with Crippen LogP contribution in [0.25, 0.3) is 0 Å². The van der Waals surface area contributed by atoms with Gasteiger partial charge in [0.1, 0.15) is 31.3 Å². The van der Waals surface area contributed by atoms with Crippen molar-refractivity contribution in [2.75, 3.05) is 13.6 Å². The number of aryl methyl sites for hydroxylation is 1. The molecule has 0 aliphatic carbocycles. The average Bonchev–Trinajstić information content (AvgIpc) is 2.78. The molecule has 0 saturated heterocycles. The number of hydrogen-bond donors (Lipinski definition) is 2. The summed E-state index contributed by atoms with van der Waals surface area (Å²) < 4.78 is 2.15. The summed E-state index contributed by atoms with van der Waals surface area (Å²) in [5.41, 5.74) is 2.82. The molecule has 0 unspecified atom stereocenters. The normalized spacial score (nSPS) is 20.6. The van der Waals surface area contributed by atoms with Gasteiger partial charge in [-0.2, -0.15) is 0 Å². The molecule has 1 aromatic rings. The Bertz CT molecular complexity index is 581. The number of phenolic OH excluding ortho intramolecular Hbond substituents is 2. The first kappa shape index (κ1) is 17.6. The minimum atomic E-state index is 0.0430. The van der Waals surface area contributed by atoms with E-state index in [1.165, 1.54) is 12.8 Å². The van der Waals surface area contributed by atoms with Crippen LogP contribution < -0.4 is 0 Å². The Morgan fingerprint density at radius 2 is 1.91 bits per heavy atom. The predicted molar refractivity (Wildman–Crippen MR) is 95.8 cm³/mol. The van der Waals surface area contributed by atoms with Crippen molar-refractivity contribution in [1.82, 2.24) is 0 Å². The molecule has 126 valence electrons. The highest BCUT2D eigenvalue weighted by Crippen LogP contribution is 2.41. The van der Waals surface area contributed by atoms with E-state index in [9.17, 15) is 10.2 Å². The van der Waals surface area contributed by atoms with Crippen LogP contribution in [0.1, 0.15) is 56.6 Å². The van der Waals surface area contributed by atoms with Crippen molar-refractivity contribution >= 4 is 6.21 Å². The van der Waals surface area contributed by atoms with Crippen LogP contribution in [0.3, 0.4) is 0 Å². The van der Waals surface area contributed by atoms with Crippen LogP contribution in [0.4, 0.5) is 0 Å². The minimum absolute atomic E-state index is 0.0430. The van der Waals surface area contributed by atoms with Crippen LogP contribution in [0, 0.1) is 5.92 Å². The van der Waals surface area contributed by atoms with E-state index in [1.54, 1.807) is 0 Å². The third kappa shape index (κ3) is 4.37. The molecule has 1 aromatic carbocycles. The second kappa shape index (κ2) is 7.67. The van der Waals surface area contributed by atoms with Gasteiger partial charge in [0.2, 0.25) is 0 Å². The van der Waals surface area contributed by atoms with Crippen molar-refractivity contribution in [3.05, 3.63) is 35.4 Å². The molecule has 1 aliphatic rings. The SMILES string of the molecule is C=C(C)C[C@@H]1C[N+](C)=C[C@H]1c1c(O)cc(CCCCC)cc1O. The van der Waals surface area contributed by atoms with Crippen molar-refractivity contribution in [2.24, 2.45) is 5.92 Å². The quantitative estimate of drug-likeness (QED) is 0.449. The first-order chi connectivity index (χ1) is 10.9. The van der Waals surface area contributed by atoms with Gasteiger partial charge in [0.15, 0.2) is 0 Å². The summed E-state index contributed by atoms with van der Waals surface area (Å²) in [6.07, 6.45) is 7.35. The van der Waals surface area contributed by atoms with E-state index in [0.717, 1.165) is 36.9 Å². The second-order valence-electron chi connectivity index (χ2n) is 7.04. The molecule has 1 aliphatic heterocycles. The molecular formula is C20H30NO2+. The first-order valence-corrected chi connectivity index (χ1v) is 8.66. The molecule has 23 heavy (non-hydrogen) atoms. The van der Waals surface area contributed by atoms with E-state index in [1.807, 2.05) is 26.1 Å². The van der Waals surface area contributed by atoms with E-state index >= 15 is 0 Å². The molecule has 0 saturated carbocycles. The monoisotopic (exact) mass is 316 g/mol. The van der Waals surface area contributed by atoms with Crippen molar-refractivity contribution in [3.63, 3.8) is 0 Å². The van der Waals surface area contributed by atoms with Gasteiger partial charge < -0.3 is 10.2 Å². The Kier molecular flexibility index (Phi) is 5.86. The van der Waals surface area contributed by atoms with Gasteiger partial charge in [0.25, 0.3) is 0 Å². The maximum Gasteiger partial charge on any atom is 0.147 e. The van der Waals surface area contributed by atoms with Crippen LogP contribution in [-0.4, -0.2) is 34.6 Å². The van der Waals surface area contributed by atoms with Gasteiger partial charge in [-0.15, -0.1) is 6.58 Å². The number of nitrogens with zero attached hydrogens (tertiary/aromatic N) is 1. The number of phenols is 2. The first-order valence-electron chi connectivity index (χ1n) is 8.66. The average molecular weight is 316 g/mol. The number of rotatable bonds is 7. The van der Waals surface area contributed by atoms with E-state index in [4.69, 9.17) is 0 Å². The summed E-state index contributed by atoms with van der Waals surface area (Å²) in [5, 5.41) is 21.0. The molecule has 1 heterocycles. The lowest BCUT2D eigenvalue weighted by molar-refractivity contribution is -0.489. The van der Waals surface area contributed by atoms with Crippen LogP contribution >= 0.6 is 0 Å². The highest BCUT2D eigenvalue weighted by atomic mass is 16.3. The van der Waals surface area contributed by atoms with Gasteiger partial charge in [0, 0.05) is 11.5 Å². The zero-order chi connectivity index (χ0) is 17.0. The standard InChI is InChI=1S/C20H29NO2/c1-5-6-7-8-15-10-18(22)20(19(23)11-15)17-13-21(4)12-16(17)9-14(2)3/h10-11,13,16-17H,2,5-9,12H2,1,3-4H3,(H-,22,23)/p+1/t16-,17-/m1/s1. The summed E-state index contributed by atoms with van der Waals surface area (Å²) in [4.78, 5) is 0. The van der Waals surface area contributed by atoms with Crippen molar-refractivity contribution in [1.29, 1.82) is 0 Å². The number of allylic oxidation sites excluding steroid dienone is 1. The van der Waals surface area contributed by atoms with Crippen molar-refractivity contribution < 1.29 is 14.8 Å². The third-order valence-electron chi connectivity index (χ3n) is 4.65. The van der Waals surface area contributed by atoms with E-state index < -0.39 is 0 Å². The molecular weight excluding hydrogens is 286 g/mol. The van der Waals surface area contributed by atoms with Crippen LogP contribution in [0.2, 0.25) is 0 Å². The lowest BCUT2D eigenvalue weighted by atomic mass is 9.83. The fraction of sp³-hybridized carbons (Fsp3) is 0.550. The highest BCUT2D eigenvalue weighted by molar-refractivity contribution is 5.70. The number of unbranched alkanes of at least 4 members (excludes halogenated alkanes) is 2. The Morgan fingerprint density at radius 1 is 1.26 bits per heavy atom. The summed E-state index contributed by atoms with van der Waals surface area (Å²) in [6, 6.07) is 3.66. The van der Waals surface area contributed by atoms with E-state index in [0.29, 0.717) is 11.5 Å². The van der Waals surface area contributed by atoms with Crippen LogP contribution in [-0.2, 0) is 6.42 Å². The topological polar surface area (TPSA) is 43.5 Å². The molecule has 0 radical (unpaired) electrons. The zero-order valence-corrected chi connectivity index (χ0v) is 14.7. The smallest absolute Gasteiger partial charge is 0.147 e. The molecule has 0 fully saturated rings. The molecule has 0 amide bonds. The molecule has 2 atom stereocenters. The third-order valence-corrected chi connectivity index (χ3v) is 4.65. The molecule has 3 nitrogen and oxygen atoms in total. The Hall–Kier alpha value is -1.77. The lowest BCUT2D eigenvalue weighted by Crippen LogP contribution is -2.14. The summed E-state index contributed by atoms with van der Waals surface area (Å²) in [5.74, 6) is 0.834. The van der Waals surface area contributed by atoms with Gasteiger partial charge in [-0.1, -0.05) is 25.3 Å². The molecule has 2 N–H and O–H groups in total. The Balaban J connectivity index is 2.26. The van der Waals surface area contributed by atoms with Gasteiger partial charge in [0.05, 0.1) is 5.92 Å². The lowest BCUT2D eigenvalue weighted by Gasteiger charge is -2.18.